The van der Waals surface area contributed by atoms with Crippen LogP contribution in [0, 0.1) is 0 Å². The molecule has 0 radical (unpaired) electrons. The van der Waals surface area contributed by atoms with E-state index >= 15 is 0 Å². The average molecular weight is 285 g/mol. The number of benzene rings is 1. The molecule has 6 heteroatoms. The van der Waals surface area contributed by atoms with E-state index in [0.717, 1.165) is 37.3 Å². The first-order valence-corrected chi connectivity index (χ1v) is 7.25. The third-order valence-corrected chi connectivity index (χ3v) is 3.87. The van der Waals surface area contributed by atoms with Gasteiger partial charge in [-0.1, -0.05) is 23.4 Å². The molecule has 0 spiro atoms. The number of hydrogen-bond donors (Lipinski definition) is 2. The summed E-state index contributed by atoms with van der Waals surface area (Å²) in [5, 5.41) is 14.3. The molecule has 0 bridgehead atoms. The summed E-state index contributed by atoms with van der Waals surface area (Å²) >= 11 is 0. The van der Waals surface area contributed by atoms with Crippen molar-refractivity contribution >= 4 is 5.91 Å². The van der Waals surface area contributed by atoms with Crippen LogP contribution >= 0.6 is 0 Å². The molecule has 0 atom stereocenters. The Labute approximate surface area is 123 Å². The van der Waals surface area contributed by atoms with E-state index in [1.54, 1.807) is 11.7 Å². The quantitative estimate of drug-likeness (QED) is 0.885. The van der Waals surface area contributed by atoms with Gasteiger partial charge in [-0.3, -0.25) is 4.79 Å². The summed E-state index contributed by atoms with van der Waals surface area (Å²) in [7, 11) is 1.62. The Kier molecular flexibility index (Phi) is 3.96. The number of amides is 1. The van der Waals surface area contributed by atoms with Gasteiger partial charge in [0.1, 0.15) is 0 Å². The van der Waals surface area contributed by atoms with Gasteiger partial charge in [0.15, 0.2) is 5.69 Å². The van der Waals surface area contributed by atoms with Crippen molar-refractivity contribution < 1.29 is 4.79 Å². The second-order valence-corrected chi connectivity index (χ2v) is 5.17. The molecular weight excluding hydrogens is 266 g/mol. The maximum Gasteiger partial charge on any atom is 0.273 e. The highest BCUT2D eigenvalue weighted by Gasteiger charge is 2.27. The average Bonchev–Trinajstić information content (AvgIpc) is 3.00. The van der Waals surface area contributed by atoms with Crippen molar-refractivity contribution in [3.8, 4) is 5.69 Å². The fourth-order valence-electron chi connectivity index (χ4n) is 2.79. The van der Waals surface area contributed by atoms with Crippen molar-refractivity contribution in [3.05, 3.63) is 41.7 Å². The van der Waals surface area contributed by atoms with Gasteiger partial charge in [0.05, 0.1) is 11.4 Å². The van der Waals surface area contributed by atoms with Crippen LogP contribution < -0.4 is 10.6 Å². The molecule has 1 aliphatic heterocycles. The Balaban J connectivity index is 2.07. The van der Waals surface area contributed by atoms with Crippen LogP contribution in [0.1, 0.15) is 34.9 Å². The van der Waals surface area contributed by atoms with Crippen LogP contribution in [0.5, 0.6) is 0 Å². The van der Waals surface area contributed by atoms with Crippen LogP contribution in [-0.4, -0.2) is 41.0 Å². The largest absolute Gasteiger partial charge is 0.354 e. The van der Waals surface area contributed by atoms with Gasteiger partial charge in [-0.15, -0.1) is 5.10 Å². The number of para-hydroxylation sites is 1. The molecule has 1 amide bonds. The Bertz CT molecular complexity index is 616. The highest BCUT2D eigenvalue weighted by Crippen LogP contribution is 2.29. The summed E-state index contributed by atoms with van der Waals surface area (Å²) in [4.78, 5) is 12.1. The highest BCUT2D eigenvalue weighted by atomic mass is 16.1. The zero-order valence-corrected chi connectivity index (χ0v) is 12.0. The Hall–Kier alpha value is -2.21. The molecule has 21 heavy (non-hydrogen) atoms. The van der Waals surface area contributed by atoms with Gasteiger partial charge in [-0.05, 0) is 38.1 Å². The monoisotopic (exact) mass is 285 g/mol. The van der Waals surface area contributed by atoms with Crippen LogP contribution in [0.3, 0.4) is 0 Å². The van der Waals surface area contributed by atoms with Gasteiger partial charge >= 0.3 is 0 Å². The zero-order valence-electron chi connectivity index (χ0n) is 12.0. The van der Waals surface area contributed by atoms with Gasteiger partial charge in [0.25, 0.3) is 5.91 Å². The minimum Gasteiger partial charge on any atom is -0.354 e. The molecule has 1 fully saturated rings. The lowest BCUT2D eigenvalue weighted by molar-refractivity contribution is 0.0956. The van der Waals surface area contributed by atoms with E-state index in [4.69, 9.17) is 0 Å². The van der Waals surface area contributed by atoms with Gasteiger partial charge in [0.2, 0.25) is 0 Å². The van der Waals surface area contributed by atoms with Gasteiger partial charge in [-0.2, -0.15) is 0 Å². The smallest absolute Gasteiger partial charge is 0.273 e. The molecule has 2 heterocycles. The number of piperidine rings is 1. The first kappa shape index (κ1) is 13.8. The van der Waals surface area contributed by atoms with E-state index in [1.165, 1.54) is 0 Å². The molecule has 1 aromatic heterocycles. The summed E-state index contributed by atoms with van der Waals surface area (Å²) < 4.78 is 1.81. The first-order valence-electron chi connectivity index (χ1n) is 7.25. The van der Waals surface area contributed by atoms with Crippen LogP contribution in [0.15, 0.2) is 30.3 Å². The lowest BCUT2D eigenvalue weighted by Crippen LogP contribution is -2.29. The van der Waals surface area contributed by atoms with Crippen LogP contribution in [0.4, 0.5) is 0 Å². The lowest BCUT2D eigenvalue weighted by Gasteiger charge is -2.23. The molecule has 1 saturated heterocycles. The minimum absolute atomic E-state index is 0.175. The fraction of sp³-hybridized carbons (Fsp3) is 0.400. The van der Waals surface area contributed by atoms with Crippen LogP contribution in [0.2, 0.25) is 0 Å². The summed E-state index contributed by atoms with van der Waals surface area (Å²) in [5.74, 6) is 0.125. The SMILES string of the molecule is CNC(=O)c1nnn(-c2ccccc2)c1C1CCNCC1. The third kappa shape index (κ3) is 2.67. The van der Waals surface area contributed by atoms with E-state index < -0.39 is 0 Å². The summed E-state index contributed by atoms with van der Waals surface area (Å²) in [5.41, 5.74) is 2.30. The van der Waals surface area contributed by atoms with Gasteiger partial charge < -0.3 is 10.6 Å². The third-order valence-electron chi connectivity index (χ3n) is 3.87. The highest BCUT2D eigenvalue weighted by molar-refractivity contribution is 5.93. The molecule has 0 unspecified atom stereocenters. The van der Waals surface area contributed by atoms with Gasteiger partial charge in [0, 0.05) is 13.0 Å². The predicted molar refractivity (Wildman–Crippen MR) is 79.6 cm³/mol. The van der Waals surface area contributed by atoms with Crippen molar-refractivity contribution in [2.45, 2.75) is 18.8 Å². The zero-order chi connectivity index (χ0) is 14.7. The van der Waals surface area contributed by atoms with Crippen molar-refractivity contribution in [2.24, 2.45) is 0 Å². The summed E-state index contributed by atoms with van der Waals surface area (Å²) in [6.45, 7) is 1.91. The fourth-order valence-corrected chi connectivity index (χ4v) is 2.79. The Morgan fingerprint density at radius 3 is 2.67 bits per heavy atom. The second kappa shape index (κ2) is 6.05. The summed E-state index contributed by atoms with van der Waals surface area (Å²) in [6.07, 6.45) is 1.98. The standard InChI is InChI=1S/C15H19N5O/c1-16-15(21)13-14(11-7-9-17-10-8-11)20(19-18-13)12-5-3-2-4-6-12/h2-6,11,17H,7-10H2,1H3,(H,16,21). The van der Waals surface area contributed by atoms with E-state index in [1.807, 2.05) is 30.3 Å². The minimum atomic E-state index is -0.175. The Morgan fingerprint density at radius 2 is 2.00 bits per heavy atom. The molecule has 3 rings (SSSR count). The van der Waals surface area contributed by atoms with E-state index in [2.05, 4.69) is 20.9 Å². The van der Waals surface area contributed by atoms with Crippen molar-refractivity contribution in [1.29, 1.82) is 0 Å². The number of aromatic nitrogens is 3. The molecule has 1 aromatic carbocycles. The van der Waals surface area contributed by atoms with Crippen molar-refractivity contribution in [1.82, 2.24) is 25.6 Å². The number of carbonyl (C=O) groups excluding carboxylic acids is 1. The topological polar surface area (TPSA) is 71.8 Å². The molecule has 6 nitrogen and oxygen atoms in total. The molecule has 0 saturated carbocycles. The van der Waals surface area contributed by atoms with Crippen LogP contribution in [0.25, 0.3) is 5.69 Å². The molecule has 0 aliphatic carbocycles. The maximum atomic E-state index is 12.1. The summed E-state index contributed by atoms with van der Waals surface area (Å²) in [6, 6.07) is 9.84. The van der Waals surface area contributed by atoms with Crippen LogP contribution in [-0.2, 0) is 0 Å². The number of nitrogens with zero attached hydrogens (tertiary/aromatic N) is 3. The predicted octanol–water partition coefficient (Wildman–Crippen LogP) is 1.09. The number of nitrogens with one attached hydrogen (secondary N) is 2. The lowest BCUT2D eigenvalue weighted by atomic mass is 9.92. The van der Waals surface area contributed by atoms with Crippen molar-refractivity contribution in [3.63, 3.8) is 0 Å². The van der Waals surface area contributed by atoms with E-state index in [0.29, 0.717) is 11.6 Å². The second-order valence-electron chi connectivity index (χ2n) is 5.17. The van der Waals surface area contributed by atoms with E-state index in [-0.39, 0.29) is 5.91 Å². The Morgan fingerprint density at radius 1 is 1.29 bits per heavy atom. The maximum absolute atomic E-state index is 12.1. The van der Waals surface area contributed by atoms with Crippen molar-refractivity contribution in [2.75, 3.05) is 20.1 Å². The number of rotatable bonds is 3. The molecule has 110 valence electrons. The first-order chi connectivity index (χ1) is 10.3. The number of hydrogen-bond acceptors (Lipinski definition) is 4. The molecule has 1 aliphatic rings. The number of carbonyl (C=O) groups is 1. The molecular formula is C15H19N5O. The molecule has 2 aromatic rings. The normalized spacial score (nSPS) is 15.9. The van der Waals surface area contributed by atoms with E-state index in [9.17, 15) is 4.79 Å². The van der Waals surface area contributed by atoms with Gasteiger partial charge in [-0.25, -0.2) is 4.68 Å². The molecule has 2 N–H and O–H groups in total.